The molecule has 1 fully saturated rings. The van der Waals surface area contributed by atoms with E-state index in [9.17, 15) is 14.0 Å². The van der Waals surface area contributed by atoms with E-state index in [2.05, 4.69) is 20.7 Å². The van der Waals surface area contributed by atoms with Gasteiger partial charge < -0.3 is 9.47 Å². The zero-order chi connectivity index (χ0) is 14.7. The van der Waals surface area contributed by atoms with E-state index in [0.717, 1.165) is 25.3 Å². The topological polar surface area (TPSA) is 52.6 Å². The number of carbonyl (C=O) groups excluding carboxylic acids is 2. The van der Waals surface area contributed by atoms with Crippen LogP contribution in [-0.2, 0) is 9.53 Å². The van der Waals surface area contributed by atoms with Crippen molar-refractivity contribution in [1.29, 1.82) is 0 Å². The molecule has 0 bridgehead atoms. The van der Waals surface area contributed by atoms with Crippen LogP contribution in [0.2, 0.25) is 0 Å². The van der Waals surface area contributed by atoms with Crippen molar-refractivity contribution in [1.82, 2.24) is 0 Å². The standard InChI is InChI=1S/C14H14BrFO4/c1-2-19-14(18)12(17)10-6-8(16)7-11(15)13(10)20-9-4-3-5-9/h6-7,9H,2-5H2,1H3. The summed E-state index contributed by atoms with van der Waals surface area (Å²) in [7, 11) is 0. The fourth-order valence-electron chi connectivity index (χ4n) is 1.81. The smallest absolute Gasteiger partial charge is 0.379 e. The van der Waals surface area contributed by atoms with Gasteiger partial charge in [-0.2, -0.15) is 0 Å². The van der Waals surface area contributed by atoms with E-state index in [-0.39, 0.29) is 24.0 Å². The summed E-state index contributed by atoms with van der Waals surface area (Å²) in [4.78, 5) is 23.5. The third-order valence-corrected chi connectivity index (χ3v) is 3.64. The molecule has 0 unspecified atom stereocenters. The van der Waals surface area contributed by atoms with Crippen molar-refractivity contribution in [3.05, 3.63) is 28.0 Å². The van der Waals surface area contributed by atoms with Gasteiger partial charge in [-0.1, -0.05) is 0 Å². The molecule has 0 amide bonds. The van der Waals surface area contributed by atoms with Gasteiger partial charge in [-0.05, 0) is 54.2 Å². The first kappa shape index (κ1) is 15.0. The quantitative estimate of drug-likeness (QED) is 0.467. The van der Waals surface area contributed by atoms with E-state index in [0.29, 0.717) is 4.47 Å². The third kappa shape index (κ3) is 3.17. The molecule has 2 rings (SSSR count). The van der Waals surface area contributed by atoms with Gasteiger partial charge in [-0.25, -0.2) is 9.18 Å². The number of Topliss-reactive ketones (excluding diaryl/α,β-unsaturated/α-hetero) is 1. The van der Waals surface area contributed by atoms with Crippen molar-refractivity contribution in [3.8, 4) is 5.75 Å². The van der Waals surface area contributed by atoms with Crippen molar-refractivity contribution >= 4 is 27.7 Å². The summed E-state index contributed by atoms with van der Waals surface area (Å²) in [6.07, 6.45) is 2.84. The Balaban J connectivity index is 2.33. The van der Waals surface area contributed by atoms with Crippen molar-refractivity contribution < 1.29 is 23.5 Å². The Morgan fingerprint density at radius 1 is 1.40 bits per heavy atom. The number of ketones is 1. The van der Waals surface area contributed by atoms with E-state index in [1.54, 1.807) is 6.92 Å². The first-order valence-electron chi connectivity index (χ1n) is 6.40. The van der Waals surface area contributed by atoms with Crippen molar-refractivity contribution in [2.24, 2.45) is 0 Å². The van der Waals surface area contributed by atoms with Crippen LogP contribution in [-0.4, -0.2) is 24.5 Å². The summed E-state index contributed by atoms with van der Waals surface area (Å²) < 4.78 is 24.1. The van der Waals surface area contributed by atoms with E-state index in [1.807, 2.05) is 0 Å². The van der Waals surface area contributed by atoms with Gasteiger partial charge in [0.25, 0.3) is 5.78 Å². The molecular formula is C14H14BrFO4. The Morgan fingerprint density at radius 3 is 2.65 bits per heavy atom. The summed E-state index contributed by atoms with van der Waals surface area (Å²) in [5.41, 5.74) is -0.109. The molecule has 4 nitrogen and oxygen atoms in total. The fraction of sp³-hybridized carbons (Fsp3) is 0.429. The molecule has 0 saturated heterocycles. The van der Waals surface area contributed by atoms with Crippen molar-refractivity contribution in [2.45, 2.75) is 32.3 Å². The van der Waals surface area contributed by atoms with Crippen LogP contribution in [0.3, 0.4) is 0 Å². The van der Waals surface area contributed by atoms with Crippen LogP contribution >= 0.6 is 15.9 Å². The van der Waals surface area contributed by atoms with Crippen LogP contribution in [0.15, 0.2) is 16.6 Å². The summed E-state index contributed by atoms with van der Waals surface area (Å²) in [6.45, 7) is 1.68. The molecule has 1 aliphatic rings. The molecule has 1 aromatic rings. The molecule has 0 radical (unpaired) electrons. The van der Waals surface area contributed by atoms with Crippen LogP contribution < -0.4 is 4.74 Å². The maximum absolute atomic E-state index is 13.5. The number of benzene rings is 1. The van der Waals surface area contributed by atoms with Gasteiger partial charge in [0.05, 0.1) is 22.7 Å². The molecule has 1 aromatic carbocycles. The molecule has 0 atom stereocenters. The van der Waals surface area contributed by atoms with Crippen LogP contribution in [0.4, 0.5) is 4.39 Å². The molecular weight excluding hydrogens is 331 g/mol. The van der Waals surface area contributed by atoms with Crippen LogP contribution in [0, 0.1) is 5.82 Å². The van der Waals surface area contributed by atoms with Gasteiger partial charge >= 0.3 is 5.97 Å². The minimum atomic E-state index is -1.01. The molecule has 1 saturated carbocycles. The lowest BCUT2D eigenvalue weighted by atomic mass is 9.96. The molecule has 1 aliphatic carbocycles. The highest BCUT2D eigenvalue weighted by molar-refractivity contribution is 9.10. The highest BCUT2D eigenvalue weighted by Gasteiger charge is 2.28. The number of hydrogen-bond donors (Lipinski definition) is 0. The van der Waals surface area contributed by atoms with Crippen molar-refractivity contribution in [2.75, 3.05) is 6.61 Å². The van der Waals surface area contributed by atoms with E-state index < -0.39 is 17.6 Å². The zero-order valence-electron chi connectivity index (χ0n) is 10.9. The third-order valence-electron chi connectivity index (χ3n) is 3.05. The second-order valence-corrected chi connectivity index (χ2v) is 5.34. The highest BCUT2D eigenvalue weighted by Crippen LogP contribution is 2.35. The van der Waals surface area contributed by atoms with Crippen LogP contribution in [0.1, 0.15) is 36.5 Å². The predicted molar refractivity (Wildman–Crippen MR) is 73.3 cm³/mol. The summed E-state index contributed by atoms with van der Waals surface area (Å²) in [6, 6.07) is 2.20. The molecule has 0 N–H and O–H groups in total. The maximum atomic E-state index is 13.5. The van der Waals surface area contributed by atoms with Gasteiger partial charge in [0, 0.05) is 0 Å². The van der Waals surface area contributed by atoms with Gasteiger partial charge in [0.2, 0.25) is 0 Å². The zero-order valence-corrected chi connectivity index (χ0v) is 12.5. The second kappa shape index (κ2) is 6.35. The number of hydrogen-bond acceptors (Lipinski definition) is 4. The van der Waals surface area contributed by atoms with E-state index >= 15 is 0 Å². The number of carbonyl (C=O) groups is 2. The first-order chi connectivity index (χ1) is 9.52. The van der Waals surface area contributed by atoms with E-state index in [1.165, 1.54) is 6.07 Å². The number of rotatable bonds is 5. The molecule has 0 aromatic heterocycles. The number of ether oxygens (including phenoxy) is 2. The summed E-state index contributed by atoms with van der Waals surface area (Å²) >= 11 is 3.17. The van der Waals surface area contributed by atoms with Gasteiger partial charge in [-0.15, -0.1) is 0 Å². The normalized spacial score (nSPS) is 14.6. The lowest BCUT2D eigenvalue weighted by Crippen LogP contribution is -2.27. The molecule has 0 spiro atoms. The van der Waals surface area contributed by atoms with Gasteiger partial charge in [0.15, 0.2) is 0 Å². The molecule has 20 heavy (non-hydrogen) atoms. The van der Waals surface area contributed by atoms with Gasteiger partial charge in [0.1, 0.15) is 11.6 Å². The lowest BCUT2D eigenvalue weighted by molar-refractivity contribution is -0.137. The molecule has 0 aliphatic heterocycles. The second-order valence-electron chi connectivity index (χ2n) is 4.48. The first-order valence-corrected chi connectivity index (χ1v) is 7.19. The Morgan fingerprint density at radius 2 is 2.10 bits per heavy atom. The molecule has 0 heterocycles. The summed E-state index contributed by atoms with van der Waals surface area (Å²) in [5, 5.41) is 0. The Kier molecular flexibility index (Phi) is 4.75. The molecule has 108 valence electrons. The Hall–Kier alpha value is -1.43. The maximum Gasteiger partial charge on any atom is 0.379 e. The van der Waals surface area contributed by atoms with Crippen LogP contribution in [0.5, 0.6) is 5.75 Å². The number of esters is 1. The minimum absolute atomic E-state index is 0.00510. The lowest BCUT2D eigenvalue weighted by Gasteiger charge is -2.27. The monoisotopic (exact) mass is 344 g/mol. The minimum Gasteiger partial charge on any atom is -0.488 e. The SMILES string of the molecule is CCOC(=O)C(=O)c1cc(F)cc(Br)c1OC1CCC1. The largest absolute Gasteiger partial charge is 0.488 e. The fourth-order valence-corrected chi connectivity index (χ4v) is 2.34. The predicted octanol–water partition coefficient (Wildman–Crippen LogP) is 3.27. The van der Waals surface area contributed by atoms with Crippen LogP contribution in [0.25, 0.3) is 0 Å². The average molecular weight is 345 g/mol. The Labute approximate surface area is 124 Å². The van der Waals surface area contributed by atoms with Gasteiger partial charge in [-0.3, -0.25) is 4.79 Å². The van der Waals surface area contributed by atoms with Crippen molar-refractivity contribution in [3.63, 3.8) is 0 Å². The highest BCUT2D eigenvalue weighted by atomic mass is 79.9. The number of halogens is 2. The Bertz CT molecular complexity index is 540. The van der Waals surface area contributed by atoms with E-state index in [4.69, 9.17) is 4.74 Å². The average Bonchev–Trinajstić information content (AvgIpc) is 2.34. The molecule has 6 heteroatoms. The summed E-state index contributed by atoms with van der Waals surface area (Å²) in [5.74, 6) is -2.33.